The Morgan fingerprint density at radius 2 is 1.77 bits per heavy atom. The van der Waals surface area contributed by atoms with Crippen molar-refractivity contribution in [3.63, 3.8) is 0 Å². The number of anilines is 1. The van der Waals surface area contributed by atoms with Gasteiger partial charge in [-0.1, -0.05) is 0 Å². The molecule has 2 fully saturated rings. The van der Waals surface area contributed by atoms with Crippen LogP contribution in [0.5, 0.6) is 0 Å². The Labute approximate surface area is 127 Å². The van der Waals surface area contributed by atoms with Crippen LogP contribution in [0.2, 0.25) is 0 Å². The molecule has 1 aromatic heterocycles. The molecule has 0 aliphatic carbocycles. The summed E-state index contributed by atoms with van der Waals surface area (Å²) in [6.07, 6.45) is -1.19. The largest absolute Gasteiger partial charge is 0.433 e. The molecule has 1 aromatic rings. The van der Waals surface area contributed by atoms with E-state index in [1.807, 2.05) is 4.90 Å². The smallest absolute Gasteiger partial charge is 0.379 e. The molecular weight excluding hydrogens is 295 g/mol. The van der Waals surface area contributed by atoms with Crippen molar-refractivity contribution in [1.29, 1.82) is 0 Å². The number of hydrogen-bond donors (Lipinski definition) is 0. The monoisotopic (exact) mass is 315 g/mol. The molecule has 2 aliphatic rings. The van der Waals surface area contributed by atoms with Crippen molar-refractivity contribution >= 4 is 5.69 Å². The lowest BCUT2D eigenvalue weighted by Gasteiger charge is -2.40. The van der Waals surface area contributed by atoms with Crippen LogP contribution in [-0.2, 0) is 10.9 Å². The van der Waals surface area contributed by atoms with Gasteiger partial charge >= 0.3 is 6.18 Å². The van der Waals surface area contributed by atoms with Gasteiger partial charge in [-0.2, -0.15) is 13.2 Å². The fraction of sp³-hybridized carbons (Fsp3) is 0.667. The summed E-state index contributed by atoms with van der Waals surface area (Å²) in [5.74, 6) is 0. The molecule has 0 saturated carbocycles. The number of aromatic nitrogens is 1. The van der Waals surface area contributed by atoms with E-state index >= 15 is 0 Å². The van der Waals surface area contributed by atoms with Gasteiger partial charge in [0.2, 0.25) is 0 Å². The summed E-state index contributed by atoms with van der Waals surface area (Å²) in [6, 6.07) is 3.32. The number of alkyl halides is 3. The Kier molecular flexibility index (Phi) is 4.54. The van der Waals surface area contributed by atoms with E-state index in [4.69, 9.17) is 4.74 Å². The quantitative estimate of drug-likeness (QED) is 0.838. The van der Waals surface area contributed by atoms with Crippen LogP contribution < -0.4 is 4.90 Å². The maximum absolute atomic E-state index is 12.7. The highest BCUT2D eigenvalue weighted by molar-refractivity contribution is 5.47. The summed E-state index contributed by atoms with van der Waals surface area (Å²) in [4.78, 5) is 7.88. The van der Waals surface area contributed by atoms with Gasteiger partial charge < -0.3 is 9.64 Å². The average molecular weight is 315 g/mol. The minimum atomic E-state index is -4.39. The molecule has 0 N–H and O–H groups in total. The Balaban J connectivity index is 1.61. The molecule has 3 heterocycles. The summed E-state index contributed by atoms with van der Waals surface area (Å²) in [6.45, 7) is 5.03. The first-order chi connectivity index (χ1) is 10.5. The van der Waals surface area contributed by atoms with Crippen molar-refractivity contribution in [1.82, 2.24) is 9.88 Å². The van der Waals surface area contributed by atoms with Crippen LogP contribution in [0.25, 0.3) is 0 Å². The fourth-order valence-electron chi connectivity index (χ4n) is 3.20. The van der Waals surface area contributed by atoms with Crippen LogP contribution >= 0.6 is 0 Å². The van der Waals surface area contributed by atoms with Crippen LogP contribution in [0.3, 0.4) is 0 Å². The molecule has 0 radical (unpaired) electrons. The summed E-state index contributed by atoms with van der Waals surface area (Å²) in [7, 11) is 0. The van der Waals surface area contributed by atoms with Crippen molar-refractivity contribution < 1.29 is 17.9 Å². The third kappa shape index (κ3) is 3.52. The summed E-state index contributed by atoms with van der Waals surface area (Å²) in [5.41, 5.74) is -0.206. The Hall–Kier alpha value is -1.34. The van der Waals surface area contributed by atoms with Crippen LogP contribution in [0.4, 0.5) is 18.9 Å². The summed E-state index contributed by atoms with van der Waals surface area (Å²) in [5, 5.41) is 0. The summed E-state index contributed by atoms with van der Waals surface area (Å²) >= 11 is 0. The fourth-order valence-corrected chi connectivity index (χ4v) is 3.20. The number of ether oxygens (including phenoxy) is 1. The predicted molar refractivity (Wildman–Crippen MR) is 76.9 cm³/mol. The maximum Gasteiger partial charge on any atom is 0.433 e. The van der Waals surface area contributed by atoms with Crippen molar-refractivity contribution in [3.05, 3.63) is 24.0 Å². The number of rotatable bonds is 2. The Morgan fingerprint density at radius 3 is 2.41 bits per heavy atom. The first-order valence-electron chi connectivity index (χ1n) is 7.64. The Morgan fingerprint density at radius 1 is 1.09 bits per heavy atom. The van der Waals surface area contributed by atoms with E-state index in [1.165, 1.54) is 6.20 Å². The highest BCUT2D eigenvalue weighted by atomic mass is 19.4. The number of morpholine rings is 1. The van der Waals surface area contributed by atoms with Crippen molar-refractivity contribution in [2.24, 2.45) is 0 Å². The van der Waals surface area contributed by atoms with E-state index in [0.717, 1.165) is 58.3 Å². The van der Waals surface area contributed by atoms with Gasteiger partial charge in [-0.05, 0) is 25.0 Å². The molecule has 0 aromatic carbocycles. The second-order valence-corrected chi connectivity index (χ2v) is 5.76. The number of pyridine rings is 1. The van der Waals surface area contributed by atoms with Crippen molar-refractivity contribution in [3.8, 4) is 0 Å². The molecule has 0 spiro atoms. The second-order valence-electron chi connectivity index (χ2n) is 5.76. The van der Waals surface area contributed by atoms with Gasteiger partial charge in [0.15, 0.2) is 0 Å². The third-order valence-electron chi connectivity index (χ3n) is 4.43. The van der Waals surface area contributed by atoms with Gasteiger partial charge in [0, 0.05) is 44.1 Å². The van der Waals surface area contributed by atoms with E-state index < -0.39 is 11.9 Å². The van der Waals surface area contributed by atoms with E-state index in [0.29, 0.717) is 11.7 Å². The normalized spacial score (nSPS) is 22.0. The maximum atomic E-state index is 12.7. The Bertz CT molecular complexity index is 495. The van der Waals surface area contributed by atoms with Crippen LogP contribution in [0.1, 0.15) is 18.5 Å². The van der Waals surface area contributed by atoms with E-state index in [1.54, 1.807) is 6.07 Å². The zero-order valence-electron chi connectivity index (χ0n) is 12.4. The van der Waals surface area contributed by atoms with Gasteiger partial charge in [-0.25, -0.2) is 0 Å². The van der Waals surface area contributed by atoms with Crippen molar-refractivity contribution in [2.45, 2.75) is 25.1 Å². The predicted octanol–water partition coefficient (Wildman–Crippen LogP) is 2.40. The first-order valence-corrected chi connectivity index (χ1v) is 7.64. The molecule has 0 bridgehead atoms. The second kappa shape index (κ2) is 6.42. The van der Waals surface area contributed by atoms with Crippen LogP contribution in [-0.4, -0.2) is 55.3 Å². The number of piperidine rings is 1. The third-order valence-corrected chi connectivity index (χ3v) is 4.43. The zero-order chi connectivity index (χ0) is 15.6. The topological polar surface area (TPSA) is 28.6 Å². The molecule has 122 valence electrons. The highest BCUT2D eigenvalue weighted by Crippen LogP contribution is 2.31. The lowest BCUT2D eigenvalue weighted by Crippen LogP contribution is -2.49. The van der Waals surface area contributed by atoms with Gasteiger partial charge in [0.1, 0.15) is 5.69 Å². The molecule has 0 unspecified atom stereocenters. The summed E-state index contributed by atoms with van der Waals surface area (Å²) < 4.78 is 43.6. The van der Waals surface area contributed by atoms with E-state index in [-0.39, 0.29) is 0 Å². The zero-order valence-corrected chi connectivity index (χ0v) is 12.4. The SMILES string of the molecule is FC(F)(F)c1cc(N2CCC(N3CCOCC3)CC2)ccn1. The van der Waals surface area contributed by atoms with Crippen molar-refractivity contribution in [2.75, 3.05) is 44.3 Å². The molecule has 2 saturated heterocycles. The number of nitrogens with zero attached hydrogens (tertiary/aromatic N) is 3. The number of hydrogen-bond acceptors (Lipinski definition) is 4. The highest BCUT2D eigenvalue weighted by Gasteiger charge is 2.33. The van der Waals surface area contributed by atoms with Gasteiger partial charge in [0.25, 0.3) is 0 Å². The van der Waals surface area contributed by atoms with Gasteiger partial charge in [-0.15, -0.1) is 0 Å². The molecule has 22 heavy (non-hydrogen) atoms. The van der Waals surface area contributed by atoms with Gasteiger partial charge in [0.05, 0.1) is 13.2 Å². The van der Waals surface area contributed by atoms with Crippen LogP contribution in [0, 0.1) is 0 Å². The number of halogens is 3. The van der Waals surface area contributed by atoms with Crippen LogP contribution in [0.15, 0.2) is 18.3 Å². The van der Waals surface area contributed by atoms with Gasteiger partial charge in [-0.3, -0.25) is 9.88 Å². The average Bonchev–Trinajstić information content (AvgIpc) is 2.55. The molecule has 3 rings (SSSR count). The minimum Gasteiger partial charge on any atom is -0.379 e. The molecule has 4 nitrogen and oxygen atoms in total. The molecule has 0 amide bonds. The standard InChI is InChI=1S/C15H20F3N3O/c16-15(17,18)14-11-13(1-4-19-14)20-5-2-12(3-6-20)21-7-9-22-10-8-21/h1,4,11-12H,2-3,5-10H2. The van der Waals surface area contributed by atoms with E-state index in [2.05, 4.69) is 9.88 Å². The minimum absolute atomic E-state index is 0.518. The van der Waals surface area contributed by atoms with E-state index in [9.17, 15) is 13.2 Å². The molecule has 7 heteroatoms. The lowest BCUT2D eigenvalue weighted by molar-refractivity contribution is -0.141. The molecule has 2 aliphatic heterocycles. The first kappa shape index (κ1) is 15.6. The lowest BCUT2D eigenvalue weighted by atomic mass is 10.0. The molecule has 0 atom stereocenters. The molecular formula is C15H20F3N3O.